The van der Waals surface area contributed by atoms with E-state index in [0.29, 0.717) is 0 Å². The molecule has 136 valence electrons. The largest absolute Gasteiger partial charge is 0.573 e. The molecule has 0 N–H and O–H groups in total. The third-order valence-electron chi connectivity index (χ3n) is 3.35. The summed E-state index contributed by atoms with van der Waals surface area (Å²) in [6.45, 7) is -0.299. The average Bonchev–Trinajstić information content (AvgIpc) is 2.55. The maximum Gasteiger partial charge on any atom is 0.573 e. The third kappa shape index (κ3) is 4.64. The van der Waals surface area contributed by atoms with Crippen LogP contribution in [0.4, 0.5) is 13.2 Å². The first-order valence-corrected chi connectivity index (χ1v) is 8.52. The van der Waals surface area contributed by atoms with E-state index in [9.17, 15) is 21.6 Å². The van der Waals surface area contributed by atoms with E-state index < -0.39 is 22.1 Å². The highest BCUT2D eigenvalue weighted by molar-refractivity contribution is 7.89. The van der Waals surface area contributed by atoms with Gasteiger partial charge in [0.05, 0.1) is 7.11 Å². The van der Waals surface area contributed by atoms with Crippen LogP contribution in [0.3, 0.4) is 0 Å². The summed E-state index contributed by atoms with van der Waals surface area (Å²) in [5, 5.41) is 0. The van der Waals surface area contributed by atoms with Crippen LogP contribution in [-0.2, 0) is 16.6 Å². The molecule has 0 radical (unpaired) electrons. The molecule has 25 heavy (non-hydrogen) atoms. The summed E-state index contributed by atoms with van der Waals surface area (Å²) in [6, 6.07) is 11.4. The van der Waals surface area contributed by atoms with Crippen LogP contribution in [0.15, 0.2) is 53.4 Å². The fourth-order valence-corrected chi connectivity index (χ4v) is 3.48. The fraction of sp³-hybridized carbons (Fsp3) is 0.250. The molecule has 2 aromatic rings. The lowest BCUT2D eigenvalue weighted by Gasteiger charge is -2.20. The van der Waals surface area contributed by atoms with Crippen molar-refractivity contribution in [2.45, 2.75) is 17.8 Å². The number of methoxy groups -OCH3 is 1. The molecule has 0 heterocycles. The lowest BCUT2D eigenvalue weighted by Crippen LogP contribution is -2.27. The van der Waals surface area contributed by atoms with Gasteiger partial charge in [-0.1, -0.05) is 30.3 Å². The Hall–Kier alpha value is -2.26. The Labute approximate surface area is 143 Å². The van der Waals surface area contributed by atoms with Gasteiger partial charge in [0.25, 0.3) is 0 Å². The minimum absolute atomic E-state index is 0.0748. The van der Waals surface area contributed by atoms with Gasteiger partial charge in [0.15, 0.2) is 0 Å². The smallest absolute Gasteiger partial charge is 0.495 e. The van der Waals surface area contributed by atoms with Crippen LogP contribution in [0, 0.1) is 0 Å². The zero-order chi connectivity index (χ0) is 18.7. The molecule has 2 rings (SSSR count). The maximum atomic E-state index is 12.7. The molecule has 0 unspecified atom stereocenters. The number of halogens is 3. The van der Waals surface area contributed by atoms with Crippen LogP contribution in [0.2, 0.25) is 0 Å². The second-order valence-electron chi connectivity index (χ2n) is 5.07. The summed E-state index contributed by atoms with van der Waals surface area (Å²) in [7, 11) is -1.36. The van der Waals surface area contributed by atoms with E-state index in [-0.39, 0.29) is 22.8 Å². The lowest BCUT2D eigenvalue weighted by molar-refractivity contribution is -0.274. The van der Waals surface area contributed by atoms with Crippen molar-refractivity contribution in [2.24, 2.45) is 0 Å². The first kappa shape index (κ1) is 19.1. The van der Waals surface area contributed by atoms with E-state index in [2.05, 4.69) is 4.74 Å². The summed E-state index contributed by atoms with van der Waals surface area (Å²) >= 11 is 0. The number of hydrogen-bond acceptors (Lipinski definition) is 4. The first-order chi connectivity index (χ1) is 11.6. The second-order valence-corrected chi connectivity index (χ2v) is 7.08. The Morgan fingerprint density at radius 3 is 2.16 bits per heavy atom. The molecule has 0 aromatic heterocycles. The Kier molecular flexibility index (Phi) is 5.58. The maximum absolute atomic E-state index is 12.7. The van der Waals surface area contributed by atoms with Crippen molar-refractivity contribution in [3.8, 4) is 11.5 Å². The third-order valence-corrected chi connectivity index (χ3v) is 5.19. The van der Waals surface area contributed by atoms with Gasteiger partial charge in [0, 0.05) is 19.2 Å². The molecule has 0 saturated heterocycles. The highest BCUT2D eigenvalue weighted by Gasteiger charge is 2.32. The van der Waals surface area contributed by atoms with E-state index in [1.165, 1.54) is 50.6 Å². The van der Waals surface area contributed by atoms with Gasteiger partial charge in [0.2, 0.25) is 10.0 Å². The second kappa shape index (κ2) is 7.32. The molecule has 5 nitrogen and oxygen atoms in total. The van der Waals surface area contributed by atoms with Crippen LogP contribution in [0.5, 0.6) is 11.5 Å². The van der Waals surface area contributed by atoms with Gasteiger partial charge in [-0.25, -0.2) is 8.42 Å². The van der Waals surface area contributed by atoms with E-state index in [1.54, 1.807) is 6.07 Å². The number of sulfonamides is 1. The van der Waals surface area contributed by atoms with E-state index in [1.807, 2.05) is 0 Å². The predicted molar refractivity (Wildman–Crippen MR) is 84.8 cm³/mol. The summed E-state index contributed by atoms with van der Waals surface area (Å²) in [5.74, 6) is -0.300. The topological polar surface area (TPSA) is 55.8 Å². The molecule has 0 aliphatic rings. The number of hydrogen-bond donors (Lipinski definition) is 0. The van der Waals surface area contributed by atoms with Crippen LogP contribution in [0.1, 0.15) is 5.56 Å². The quantitative estimate of drug-likeness (QED) is 0.776. The Bertz CT molecular complexity index is 837. The molecule has 0 bridgehead atoms. The Morgan fingerprint density at radius 1 is 1.00 bits per heavy atom. The number of para-hydroxylation sites is 2. The van der Waals surface area contributed by atoms with Crippen molar-refractivity contribution in [1.29, 1.82) is 0 Å². The Balaban J connectivity index is 2.32. The SMILES string of the molecule is COc1ccccc1S(=O)(=O)N(C)Cc1ccccc1OC(F)(F)F. The zero-order valence-corrected chi connectivity index (χ0v) is 14.3. The average molecular weight is 375 g/mol. The van der Waals surface area contributed by atoms with Crippen LogP contribution in [-0.4, -0.2) is 33.2 Å². The number of ether oxygens (including phenoxy) is 2. The minimum atomic E-state index is -4.86. The summed E-state index contributed by atoms with van der Waals surface area (Å²) in [6.07, 6.45) is -4.86. The highest BCUT2D eigenvalue weighted by atomic mass is 32.2. The van der Waals surface area contributed by atoms with Crippen LogP contribution in [0.25, 0.3) is 0 Å². The lowest BCUT2D eigenvalue weighted by atomic mass is 10.2. The fourth-order valence-electron chi connectivity index (χ4n) is 2.18. The van der Waals surface area contributed by atoms with Gasteiger partial charge in [-0.3, -0.25) is 0 Å². The molecule has 0 aliphatic carbocycles. The summed E-state index contributed by atoms with van der Waals surface area (Å²) in [4.78, 5) is -0.0748. The van der Waals surface area contributed by atoms with E-state index in [4.69, 9.17) is 4.74 Å². The molecule has 0 amide bonds. The molecule has 2 aromatic carbocycles. The molecule has 0 atom stereocenters. The van der Waals surface area contributed by atoms with Crippen molar-refractivity contribution in [1.82, 2.24) is 4.31 Å². The van der Waals surface area contributed by atoms with Gasteiger partial charge >= 0.3 is 6.36 Å². The number of nitrogens with zero attached hydrogens (tertiary/aromatic N) is 1. The molecule has 0 spiro atoms. The monoisotopic (exact) mass is 375 g/mol. The van der Waals surface area contributed by atoms with Gasteiger partial charge in [-0.05, 0) is 18.2 Å². The molecule has 9 heteroatoms. The van der Waals surface area contributed by atoms with Crippen molar-refractivity contribution in [3.63, 3.8) is 0 Å². The van der Waals surface area contributed by atoms with Gasteiger partial charge in [-0.15, -0.1) is 13.2 Å². The summed E-state index contributed by atoms with van der Waals surface area (Å²) in [5.41, 5.74) is 0.0841. The predicted octanol–water partition coefficient (Wildman–Crippen LogP) is 3.41. The van der Waals surface area contributed by atoms with Crippen molar-refractivity contribution in [3.05, 3.63) is 54.1 Å². The van der Waals surface area contributed by atoms with Gasteiger partial charge < -0.3 is 9.47 Å². The van der Waals surface area contributed by atoms with Crippen molar-refractivity contribution in [2.75, 3.05) is 14.2 Å². The molecular formula is C16H16F3NO4S. The first-order valence-electron chi connectivity index (χ1n) is 7.08. The normalized spacial score (nSPS) is 12.2. The summed E-state index contributed by atoms with van der Waals surface area (Å²) < 4.78 is 72.8. The van der Waals surface area contributed by atoms with Gasteiger partial charge in [-0.2, -0.15) is 4.31 Å². The van der Waals surface area contributed by atoms with Crippen LogP contribution < -0.4 is 9.47 Å². The number of rotatable bonds is 6. The van der Waals surface area contributed by atoms with E-state index in [0.717, 1.165) is 10.4 Å². The molecule has 0 fully saturated rings. The van der Waals surface area contributed by atoms with Crippen molar-refractivity contribution >= 4 is 10.0 Å². The minimum Gasteiger partial charge on any atom is -0.495 e. The number of benzene rings is 2. The Morgan fingerprint density at radius 2 is 1.56 bits per heavy atom. The van der Waals surface area contributed by atoms with Crippen molar-refractivity contribution < 1.29 is 31.1 Å². The standard InChI is InChI=1S/C16H16F3NO4S/c1-20(25(21,22)15-10-6-5-9-14(15)23-2)11-12-7-3-4-8-13(12)24-16(17,18)19/h3-10H,11H2,1-2H3. The molecular weight excluding hydrogens is 359 g/mol. The van der Waals surface area contributed by atoms with Crippen LogP contribution >= 0.6 is 0 Å². The van der Waals surface area contributed by atoms with Gasteiger partial charge in [0.1, 0.15) is 16.4 Å². The van der Waals surface area contributed by atoms with E-state index >= 15 is 0 Å². The highest BCUT2D eigenvalue weighted by Crippen LogP contribution is 2.30. The molecule has 0 aliphatic heterocycles. The molecule has 0 saturated carbocycles. The number of alkyl halides is 3. The zero-order valence-electron chi connectivity index (χ0n) is 13.4.